The van der Waals surface area contributed by atoms with Crippen molar-refractivity contribution in [3.8, 4) is 0 Å². The van der Waals surface area contributed by atoms with Crippen LogP contribution in [0, 0.1) is 5.92 Å². The average Bonchev–Trinajstić information content (AvgIpc) is 3.07. The van der Waals surface area contributed by atoms with Crippen molar-refractivity contribution in [2.45, 2.75) is 37.8 Å². The maximum absolute atomic E-state index is 12.5. The molecule has 2 amide bonds. The lowest BCUT2D eigenvalue weighted by molar-refractivity contribution is -0.129. The average molecular weight is 322 g/mol. The third-order valence-corrected chi connectivity index (χ3v) is 4.83. The molecular formula is C16H20ClN3O2. The van der Waals surface area contributed by atoms with Gasteiger partial charge in [0.2, 0.25) is 11.8 Å². The highest BCUT2D eigenvalue weighted by molar-refractivity contribution is 6.34. The number of halogens is 1. The number of rotatable bonds is 3. The Balaban J connectivity index is 1.64. The summed E-state index contributed by atoms with van der Waals surface area (Å²) in [7, 11) is 0. The molecule has 6 heteroatoms. The molecule has 0 aromatic heterocycles. The number of benzene rings is 1. The molecule has 118 valence electrons. The molecule has 0 spiro atoms. The molecule has 3 unspecified atom stereocenters. The van der Waals surface area contributed by atoms with Crippen LogP contribution in [0.15, 0.2) is 24.3 Å². The van der Waals surface area contributed by atoms with Crippen LogP contribution in [0.2, 0.25) is 5.02 Å². The van der Waals surface area contributed by atoms with Crippen molar-refractivity contribution in [1.29, 1.82) is 0 Å². The van der Waals surface area contributed by atoms with E-state index in [1.54, 1.807) is 11.0 Å². The predicted molar refractivity (Wildman–Crippen MR) is 85.7 cm³/mol. The predicted octanol–water partition coefficient (Wildman–Crippen LogP) is 1.69. The Labute approximate surface area is 134 Å². The molecule has 1 aliphatic carbocycles. The number of hydrogen-bond acceptors (Lipinski definition) is 3. The molecule has 3 N–H and O–H groups in total. The lowest BCUT2D eigenvalue weighted by atomic mass is 10.1. The summed E-state index contributed by atoms with van der Waals surface area (Å²) in [5.74, 6) is -0.201. The van der Waals surface area contributed by atoms with Gasteiger partial charge in [0.15, 0.2) is 0 Å². The van der Waals surface area contributed by atoms with Gasteiger partial charge in [-0.05, 0) is 37.8 Å². The van der Waals surface area contributed by atoms with E-state index in [-0.39, 0.29) is 23.8 Å². The highest BCUT2D eigenvalue weighted by atomic mass is 35.5. The fraction of sp³-hybridized carbons (Fsp3) is 0.500. The molecule has 1 heterocycles. The van der Waals surface area contributed by atoms with Gasteiger partial charge in [-0.1, -0.05) is 23.7 Å². The summed E-state index contributed by atoms with van der Waals surface area (Å²) >= 11 is 6.15. The van der Waals surface area contributed by atoms with Gasteiger partial charge < -0.3 is 16.0 Å². The molecule has 5 nitrogen and oxygen atoms in total. The van der Waals surface area contributed by atoms with Gasteiger partial charge in [-0.15, -0.1) is 0 Å². The quantitative estimate of drug-likeness (QED) is 0.889. The van der Waals surface area contributed by atoms with Crippen molar-refractivity contribution in [3.63, 3.8) is 0 Å². The smallest absolute Gasteiger partial charge is 0.249 e. The molecule has 1 aromatic rings. The van der Waals surface area contributed by atoms with Crippen molar-refractivity contribution in [2.75, 3.05) is 11.4 Å². The Morgan fingerprint density at radius 2 is 2.05 bits per heavy atom. The highest BCUT2D eigenvalue weighted by Gasteiger charge is 2.36. The van der Waals surface area contributed by atoms with Gasteiger partial charge in [-0.2, -0.15) is 0 Å². The number of nitrogens with two attached hydrogens (primary N) is 1. The molecule has 1 aliphatic heterocycles. The normalized spacial score (nSPS) is 28.2. The number of anilines is 1. The van der Waals surface area contributed by atoms with Crippen LogP contribution in [0.4, 0.5) is 5.69 Å². The van der Waals surface area contributed by atoms with Gasteiger partial charge in [-0.25, -0.2) is 0 Å². The van der Waals surface area contributed by atoms with E-state index in [2.05, 4.69) is 5.32 Å². The van der Waals surface area contributed by atoms with E-state index in [0.29, 0.717) is 30.1 Å². The van der Waals surface area contributed by atoms with E-state index >= 15 is 0 Å². The third-order valence-electron chi connectivity index (χ3n) is 4.51. The summed E-state index contributed by atoms with van der Waals surface area (Å²) in [6.07, 6.45) is 3.00. The molecule has 22 heavy (non-hydrogen) atoms. The summed E-state index contributed by atoms with van der Waals surface area (Å²) in [6.45, 7) is 0.567. The molecule has 2 aliphatic rings. The Hall–Kier alpha value is -1.59. The van der Waals surface area contributed by atoms with Crippen LogP contribution in [-0.2, 0) is 9.59 Å². The van der Waals surface area contributed by atoms with E-state index in [0.717, 1.165) is 12.8 Å². The number of carbonyl (C=O) groups is 2. The summed E-state index contributed by atoms with van der Waals surface area (Å²) in [6, 6.07) is 6.90. The van der Waals surface area contributed by atoms with Gasteiger partial charge in [0.1, 0.15) is 6.04 Å². The molecule has 0 bridgehead atoms. The number of nitrogens with zero attached hydrogens (tertiary/aromatic N) is 1. The number of amides is 2. The second-order valence-corrected chi connectivity index (χ2v) is 6.47. The topological polar surface area (TPSA) is 75.4 Å². The number of para-hydroxylation sites is 1. The second kappa shape index (κ2) is 6.26. The Morgan fingerprint density at radius 3 is 2.73 bits per heavy atom. The number of carbonyl (C=O) groups excluding carboxylic acids is 2. The van der Waals surface area contributed by atoms with Crippen LogP contribution in [0.5, 0.6) is 0 Å². The van der Waals surface area contributed by atoms with E-state index in [9.17, 15) is 9.59 Å². The first-order valence-electron chi connectivity index (χ1n) is 7.68. The van der Waals surface area contributed by atoms with Gasteiger partial charge in [-0.3, -0.25) is 9.59 Å². The largest absolute Gasteiger partial charge is 0.344 e. The van der Waals surface area contributed by atoms with Gasteiger partial charge in [0.05, 0.1) is 10.7 Å². The third kappa shape index (κ3) is 2.96. The summed E-state index contributed by atoms with van der Waals surface area (Å²) in [5, 5.41) is 3.43. The van der Waals surface area contributed by atoms with Crippen LogP contribution in [0.1, 0.15) is 25.7 Å². The first-order chi connectivity index (χ1) is 10.6. The molecule has 1 saturated heterocycles. The standard InChI is InChI=1S/C16H20ClN3O2/c17-12-3-1-2-4-14(12)20-8-7-13(16(20)22)19-15(21)10-5-6-11(18)9-10/h1-4,10-11,13H,5-9,18H2,(H,19,21). The minimum atomic E-state index is -0.458. The lowest BCUT2D eigenvalue weighted by Crippen LogP contribution is -2.43. The van der Waals surface area contributed by atoms with Crippen LogP contribution < -0.4 is 16.0 Å². The first kappa shape index (κ1) is 15.3. The van der Waals surface area contributed by atoms with Gasteiger partial charge >= 0.3 is 0 Å². The van der Waals surface area contributed by atoms with Crippen molar-refractivity contribution in [1.82, 2.24) is 5.32 Å². The minimum Gasteiger partial charge on any atom is -0.344 e. The molecule has 1 saturated carbocycles. The zero-order chi connectivity index (χ0) is 15.7. The zero-order valence-corrected chi connectivity index (χ0v) is 13.1. The fourth-order valence-corrected chi connectivity index (χ4v) is 3.51. The summed E-state index contributed by atoms with van der Waals surface area (Å²) in [5.41, 5.74) is 6.55. The molecule has 0 radical (unpaired) electrons. The monoisotopic (exact) mass is 321 g/mol. The van der Waals surface area contributed by atoms with Crippen LogP contribution in [0.3, 0.4) is 0 Å². The molecule has 3 atom stereocenters. The Kier molecular flexibility index (Phi) is 4.36. The Morgan fingerprint density at radius 1 is 1.27 bits per heavy atom. The van der Waals surface area contributed by atoms with Gasteiger partial charge in [0, 0.05) is 18.5 Å². The van der Waals surface area contributed by atoms with E-state index < -0.39 is 6.04 Å². The minimum absolute atomic E-state index is 0.0488. The highest BCUT2D eigenvalue weighted by Crippen LogP contribution is 2.29. The Bertz CT molecular complexity index is 593. The van der Waals surface area contributed by atoms with Crippen LogP contribution in [-0.4, -0.2) is 30.4 Å². The van der Waals surface area contributed by atoms with Crippen molar-refractivity contribution >= 4 is 29.1 Å². The van der Waals surface area contributed by atoms with Crippen molar-refractivity contribution < 1.29 is 9.59 Å². The van der Waals surface area contributed by atoms with E-state index in [1.807, 2.05) is 18.2 Å². The second-order valence-electron chi connectivity index (χ2n) is 6.06. The first-order valence-corrected chi connectivity index (χ1v) is 8.06. The van der Waals surface area contributed by atoms with E-state index in [4.69, 9.17) is 17.3 Å². The van der Waals surface area contributed by atoms with Crippen molar-refractivity contribution in [3.05, 3.63) is 29.3 Å². The number of nitrogens with one attached hydrogen (secondary N) is 1. The van der Waals surface area contributed by atoms with Crippen molar-refractivity contribution in [2.24, 2.45) is 11.7 Å². The van der Waals surface area contributed by atoms with E-state index in [1.165, 1.54) is 0 Å². The van der Waals surface area contributed by atoms with Crippen LogP contribution in [0.25, 0.3) is 0 Å². The fourth-order valence-electron chi connectivity index (χ4n) is 3.27. The van der Waals surface area contributed by atoms with Crippen LogP contribution >= 0.6 is 11.6 Å². The lowest BCUT2D eigenvalue weighted by Gasteiger charge is -2.19. The maximum atomic E-state index is 12.5. The van der Waals surface area contributed by atoms with Gasteiger partial charge in [0.25, 0.3) is 0 Å². The molecule has 1 aromatic carbocycles. The summed E-state index contributed by atoms with van der Waals surface area (Å²) in [4.78, 5) is 26.4. The molecule has 2 fully saturated rings. The molecule has 3 rings (SSSR count). The maximum Gasteiger partial charge on any atom is 0.249 e. The molecular weight excluding hydrogens is 302 g/mol. The number of hydrogen-bond donors (Lipinski definition) is 2. The zero-order valence-electron chi connectivity index (χ0n) is 12.3. The SMILES string of the molecule is NC1CCC(C(=O)NC2CCN(c3ccccc3Cl)C2=O)C1. The summed E-state index contributed by atoms with van der Waals surface area (Å²) < 4.78 is 0.